The predicted molar refractivity (Wildman–Crippen MR) is 58.8 cm³/mol. The molecule has 0 saturated carbocycles. The number of carbonyl (C=O) groups is 1. The third-order valence-corrected chi connectivity index (χ3v) is 1.63. The van der Waals surface area contributed by atoms with Gasteiger partial charge in [0.05, 0.1) is 12.6 Å². The van der Waals surface area contributed by atoms with E-state index in [1.807, 2.05) is 20.8 Å². The topological polar surface area (TPSA) is 61.8 Å². The highest BCUT2D eigenvalue weighted by molar-refractivity contribution is 5.67. The van der Waals surface area contributed by atoms with E-state index < -0.39 is 17.8 Å². The monoisotopic (exact) mass is 218 g/mol. The van der Waals surface area contributed by atoms with E-state index >= 15 is 0 Å². The molecule has 15 heavy (non-hydrogen) atoms. The third-order valence-electron chi connectivity index (χ3n) is 1.63. The highest BCUT2D eigenvalue weighted by Gasteiger charge is 2.20. The van der Waals surface area contributed by atoms with Crippen molar-refractivity contribution in [1.29, 1.82) is 0 Å². The molecule has 0 radical (unpaired) electrons. The SMILES string of the molecule is CNCC(O)CN(C)C(=O)OC(C)(C)C. The summed E-state index contributed by atoms with van der Waals surface area (Å²) in [5, 5.41) is 12.3. The van der Waals surface area contributed by atoms with E-state index in [0.29, 0.717) is 6.54 Å². The number of likely N-dealkylation sites (N-methyl/N-ethyl adjacent to an activating group) is 2. The maximum atomic E-state index is 11.5. The Labute approximate surface area is 91.4 Å². The van der Waals surface area contributed by atoms with Crippen LogP contribution in [0.3, 0.4) is 0 Å². The number of carbonyl (C=O) groups excluding carboxylic acids is 1. The Bertz CT molecular complexity index is 201. The van der Waals surface area contributed by atoms with Crippen molar-refractivity contribution in [2.24, 2.45) is 0 Å². The molecule has 0 aliphatic rings. The molecule has 0 aliphatic heterocycles. The molecule has 0 bridgehead atoms. The fraction of sp³-hybridized carbons (Fsp3) is 0.900. The summed E-state index contributed by atoms with van der Waals surface area (Å²) in [6, 6.07) is 0. The van der Waals surface area contributed by atoms with Crippen molar-refractivity contribution < 1.29 is 14.6 Å². The highest BCUT2D eigenvalue weighted by Crippen LogP contribution is 2.09. The minimum absolute atomic E-state index is 0.260. The number of nitrogens with one attached hydrogen (secondary N) is 1. The van der Waals surface area contributed by atoms with Crippen molar-refractivity contribution in [3.63, 3.8) is 0 Å². The van der Waals surface area contributed by atoms with Crippen LogP contribution in [-0.4, -0.2) is 55.0 Å². The molecular formula is C10H22N2O3. The Balaban J connectivity index is 3.99. The lowest BCUT2D eigenvalue weighted by Crippen LogP contribution is -2.41. The number of hydrogen-bond acceptors (Lipinski definition) is 4. The average molecular weight is 218 g/mol. The number of amides is 1. The Morgan fingerprint density at radius 2 is 2.07 bits per heavy atom. The minimum atomic E-state index is -0.576. The van der Waals surface area contributed by atoms with Crippen LogP contribution in [0.15, 0.2) is 0 Å². The molecule has 1 amide bonds. The molecule has 0 aromatic rings. The minimum Gasteiger partial charge on any atom is -0.444 e. The average Bonchev–Trinajstić information content (AvgIpc) is 2.00. The predicted octanol–water partition coefficient (Wildman–Crippen LogP) is 0.434. The molecule has 0 aromatic heterocycles. The highest BCUT2D eigenvalue weighted by atomic mass is 16.6. The van der Waals surface area contributed by atoms with Crippen molar-refractivity contribution in [3.8, 4) is 0 Å². The van der Waals surface area contributed by atoms with E-state index in [9.17, 15) is 9.90 Å². The third kappa shape index (κ3) is 7.16. The summed E-state index contributed by atoms with van der Waals surface area (Å²) < 4.78 is 5.13. The van der Waals surface area contributed by atoms with Gasteiger partial charge in [-0.2, -0.15) is 0 Å². The van der Waals surface area contributed by atoms with Crippen LogP contribution >= 0.6 is 0 Å². The summed E-state index contributed by atoms with van der Waals surface area (Å²) in [5.41, 5.74) is -0.501. The van der Waals surface area contributed by atoms with Gasteiger partial charge in [-0.3, -0.25) is 0 Å². The largest absolute Gasteiger partial charge is 0.444 e. The van der Waals surface area contributed by atoms with Crippen molar-refractivity contribution in [1.82, 2.24) is 10.2 Å². The zero-order valence-corrected chi connectivity index (χ0v) is 10.2. The van der Waals surface area contributed by atoms with Crippen molar-refractivity contribution in [3.05, 3.63) is 0 Å². The molecule has 1 unspecified atom stereocenters. The van der Waals surface area contributed by atoms with Crippen LogP contribution in [0, 0.1) is 0 Å². The maximum Gasteiger partial charge on any atom is 0.410 e. The molecule has 2 N–H and O–H groups in total. The van der Waals surface area contributed by atoms with Gasteiger partial charge in [0.2, 0.25) is 0 Å². The summed E-state index contributed by atoms with van der Waals surface area (Å²) in [6.07, 6.45) is -0.995. The first-order chi connectivity index (χ1) is 6.76. The smallest absolute Gasteiger partial charge is 0.410 e. The van der Waals surface area contributed by atoms with Gasteiger partial charge in [0.15, 0.2) is 0 Å². The van der Waals surface area contributed by atoms with Crippen LogP contribution in [0.4, 0.5) is 4.79 Å². The first-order valence-electron chi connectivity index (χ1n) is 5.03. The zero-order chi connectivity index (χ0) is 12.1. The van der Waals surface area contributed by atoms with E-state index in [1.54, 1.807) is 14.1 Å². The van der Waals surface area contributed by atoms with Crippen LogP contribution in [0.5, 0.6) is 0 Å². The van der Waals surface area contributed by atoms with E-state index in [1.165, 1.54) is 4.90 Å². The molecular weight excluding hydrogens is 196 g/mol. The molecule has 0 fully saturated rings. The maximum absolute atomic E-state index is 11.5. The molecule has 5 nitrogen and oxygen atoms in total. The first kappa shape index (κ1) is 14.2. The lowest BCUT2D eigenvalue weighted by atomic mass is 10.2. The summed E-state index contributed by atoms with van der Waals surface area (Å²) >= 11 is 0. The Kier molecular flexibility index (Phi) is 5.60. The summed E-state index contributed by atoms with van der Waals surface area (Å²) in [5.74, 6) is 0. The quantitative estimate of drug-likeness (QED) is 0.718. The van der Waals surface area contributed by atoms with E-state index in [2.05, 4.69) is 5.32 Å². The molecule has 90 valence electrons. The Hall–Kier alpha value is -0.810. The van der Waals surface area contributed by atoms with Gasteiger partial charge in [-0.25, -0.2) is 4.79 Å². The van der Waals surface area contributed by atoms with Crippen molar-refractivity contribution in [2.45, 2.75) is 32.5 Å². The fourth-order valence-corrected chi connectivity index (χ4v) is 1.03. The van der Waals surface area contributed by atoms with Crippen molar-refractivity contribution >= 4 is 6.09 Å². The lowest BCUT2D eigenvalue weighted by Gasteiger charge is -2.26. The fourth-order valence-electron chi connectivity index (χ4n) is 1.03. The van der Waals surface area contributed by atoms with Gasteiger partial charge >= 0.3 is 6.09 Å². The van der Waals surface area contributed by atoms with Gasteiger partial charge in [0.25, 0.3) is 0 Å². The van der Waals surface area contributed by atoms with E-state index in [-0.39, 0.29) is 6.54 Å². The number of rotatable bonds is 4. The molecule has 0 saturated heterocycles. The number of aliphatic hydroxyl groups is 1. The number of aliphatic hydroxyl groups excluding tert-OH is 1. The van der Waals surface area contributed by atoms with E-state index in [4.69, 9.17) is 4.74 Å². The van der Waals surface area contributed by atoms with Gasteiger partial charge in [0, 0.05) is 13.6 Å². The summed E-state index contributed by atoms with van der Waals surface area (Å²) in [4.78, 5) is 12.8. The van der Waals surface area contributed by atoms with Crippen LogP contribution < -0.4 is 5.32 Å². The standard InChI is InChI=1S/C10H22N2O3/c1-10(2,3)15-9(14)12(5)7-8(13)6-11-4/h8,11,13H,6-7H2,1-5H3. The second kappa shape index (κ2) is 5.92. The molecule has 0 spiro atoms. The van der Waals surface area contributed by atoms with Crippen LogP contribution in [-0.2, 0) is 4.74 Å². The molecule has 0 aliphatic carbocycles. The van der Waals surface area contributed by atoms with Crippen LogP contribution in [0.1, 0.15) is 20.8 Å². The number of ether oxygens (including phenoxy) is 1. The number of nitrogens with zero attached hydrogens (tertiary/aromatic N) is 1. The Morgan fingerprint density at radius 1 is 1.53 bits per heavy atom. The second-order valence-corrected chi connectivity index (χ2v) is 4.57. The van der Waals surface area contributed by atoms with Crippen LogP contribution in [0.2, 0.25) is 0 Å². The van der Waals surface area contributed by atoms with Gasteiger partial charge in [-0.1, -0.05) is 0 Å². The molecule has 0 aromatic carbocycles. The lowest BCUT2D eigenvalue weighted by molar-refractivity contribution is 0.0209. The zero-order valence-electron chi connectivity index (χ0n) is 10.2. The molecule has 0 rings (SSSR count). The van der Waals surface area contributed by atoms with Gasteiger partial charge in [-0.05, 0) is 27.8 Å². The molecule has 5 heteroatoms. The van der Waals surface area contributed by atoms with Gasteiger partial charge in [-0.15, -0.1) is 0 Å². The second-order valence-electron chi connectivity index (χ2n) is 4.57. The first-order valence-corrected chi connectivity index (χ1v) is 5.03. The van der Waals surface area contributed by atoms with Crippen molar-refractivity contribution in [2.75, 3.05) is 27.2 Å². The van der Waals surface area contributed by atoms with E-state index in [0.717, 1.165) is 0 Å². The van der Waals surface area contributed by atoms with Gasteiger partial charge in [0.1, 0.15) is 5.60 Å². The Morgan fingerprint density at radius 3 is 2.47 bits per heavy atom. The number of hydrogen-bond donors (Lipinski definition) is 2. The summed E-state index contributed by atoms with van der Waals surface area (Å²) in [6.45, 7) is 6.14. The molecule has 0 heterocycles. The van der Waals surface area contributed by atoms with Crippen LogP contribution in [0.25, 0.3) is 0 Å². The molecule has 1 atom stereocenters. The normalized spacial score (nSPS) is 13.5. The summed E-state index contributed by atoms with van der Waals surface area (Å²) in [7, 11) is 3.35. The van der Waals surface area contributed by atoms with Gasteiger partial charge < -0.3 is 20.1 Å².